The maximum absolute atomic E-state index is 12.0. The quantitative estimate of drug-likeness (QED) is 0.582. The minimum atomic E-state index is -0.458. The number of anilines is 1. The molecule has 1 amide bonds. The predicted octanol–water partition coefficient (Wildman–Crippen LogP) is 2.35. The van der Waals surface area contributed by atoms with Crippen LogP contribution in [0.5, 0.6) is 11.5 Å². The highest BCUT2D eigenvalue weighted by Gasteiger charge is 2.21. The maximum Gasteiger partial charge on any atom is 0.292 e. The van der Waals surface area contributed by atoms with Crippen LogP contribution in [0.25, 0.3) is 0 Å². The van der Waals surface area contributed by atoms with Crippen LogP contribution in [-0.4, -0.2) is 36.6 Å². The van der Waals surface area contributed by atoms with Crippen molar-refractivity contribution in [2.45, 2.75) is 12.5 Å². The number of amides is 1. The molecule has 26 heavy (non-hydrogen) atoms. The van der Waals surface area contributed by atoms with Crippen LogP contribution in [0.3, 0.4) is 0 Å². The lowest BCUT2D eigenvalue weighted by Gasteiger charge is -2.26. The Bertz CT molecular complexity index is 796. The standard InChI is InChI=1S/C18H19N3O5/c22-18(9-10-19-14-5-1-2-6-15(14)21(23)24)20-11-13-12-25-16-7-3-4-8-17(16)26-13/h1-8,13,19H,9-12H2,(H,20,22)/t13-/m1/s1. The molecule has 1 heterocycles. The first-order chi connectivity index (χ1) is 12.6. The van der Waals surface area contributed by atoms with Gasteiger partial charge in [-0.15, -0.1) is 0 Å². The molecule has 0 spiro atoms. The Hall–Kier alpha value is -3.29. The molecular weight excluding hydrogens is 338 g/mol. The Morgan fingerprint density at radius 2 is 1.88 bits per heavy atom. The number of para-hydroxylation sites is 4. The third-order valence-corrected chi connectivity index (χ3v) is 3.86. The normalized spacial score (nSPS) is 15.2. The van der Waals surface area contributed by atoms with Crippen molar-refractivity contribution in [3.05, 3.63) is 58.6 Å². The van der Waals surface area contributed by atoms with E-state index in [0.29, 0.717) is 36.9 Å². The summed E-state index contributed by atoms with van der Waals surface area (Å²) in [6, 6.07) is 13.7. The molecule has 8 nitrogen and oxygen atoms in total. The van der Waals surface area contributed by atoms with Crippen molar-refractivity contribution in [3.8, 4) is 11.5 Å². The van der Waals surface area contributed by atoms with Crippen LogP contribution in [-0.2, 0) is 4.79 Å². The molecule has 0 unspecified atom stereocenters. The number of nitro groups is 1. The second kappa shape index (κ2) is 8.19. The van der Waals surface area contributed by atoms with Gasteiger partial charge in [0.25, 0.3) is 5.69 Å². The summed E-state index contributed by atoms with van der Waals surface area (Å²) in [6.07, 6.45) is -0.0621. The first-order valence-electron chi connectivity index (χ1n) is 8.26. The van der Waals surface area contributed by atoms with Gasteiger partial charge in [0.1, 0.15) is 18.4 Å². The number of carbonyl (C=O) groups is 1. The van der Waals surface area contributed by atoms with E-state index < -0.39 is 4.92 Å². The summed E-state index contributed by atoms with van der Waals surface area (Å²) in [7, 11) is 0. The second-order valence-electron chi connectivity index (χ2n) is 5.75. The molecule has 1 atom stereocenters. The second-order valence-corrected chi connectivity index (χ2v) is 5.75. The number of nitro benzene ring substituents is 1. The number of hydrogen-bond acceptors (Lipinski definition) is 6. The molecule has 2 aromatic rings. The fraction of sp³-hybridized carbons (Fsp3) is 0.278. The number of carbonyl (C=O) groups excluding carboxylic acids is 1. The van der Waals surface area contributed by atoms with E-state index in [1.54, 1.807) is 18.2 Å². The number of ether oxygens (including phenoxy) is 2. The van der Waals surface area contributed by atoms with Crippen molar-refractivity contribution in [3.63, 3.8) is 0 Å². The van der Waals surface area contributed by atoms with E-state index >= 15 is 0 Å². The van der Waals surface area contributed by atoms with E-state index in [2.05, 4.69) is 10.6 Å². The highest BCUT2D eigenvalue weighted by atomic mass is 16.6. The Kier molecular flexibility index (Phi) is 5.52. The minimum Gasteiger partial charge on any atom is -0.486 e. The smallest absolute Gasteiger partial charge is 0.292 e. The molecule has 0 saturated heterocycles. The van der Waals surface area contributed by atoms with Gasteiger partial charge in [0, 0.05) is 19.0 Å². The summed E-state index contributed by atoms with van der Waals surface area (Å²) < 4.78 is 11.4. The number of nitrogens with zero attached hydrogens (tertiary/aromatic N) is 1. The Morgan fingerprint density at radius 1 is 1.15 bits per heavy atom. The van der Waals surface area contributed by atoms with E-state index in [-0.39, 0.29) is 24.1 Å². The molecule has 3 rings (SSSR count). The van der Waals surface area contributed by atoms with Gasteiger partial charge in [0.15, 0.2) is 11.5 Å². The Labute approximate surface area is 150 Å². The van der Waals surface area contributed by atoms with E-state index in [1.807, 2.05) is 24.3 Å². The zero-order valence-corrected chi connectivity index (χ0v) is 14.0. The van der Waals surface area contributed by atoms with Gasteiger partial charge in [-0.05, 0) is 18.2 Å². The summed E-state index contributed by atoms with van der Waals surface area (Å²) in [5.41, 5.74) is 0.380. The summed E-state index contributed by atoms with van der Waals surface area (Å²) in [6.45, 7) is 0.992. The minimum absolute atomic E-state index is 0.0145. The van der Waals surface area contributed by atoms with Crippen molar-refractivity contribution in [1.29, 1.82) is 0 Å². The van der Waals surface area contributed by atoms with Crippen LogP contribution < -0.4 is 20.1 Å². The largest absolute Gasteiger partial charge is 0.486 e. The van der Waals surface area contributed by atoms with Crippen LogP contribution in [0.15, 0.2) is 48.5 Å². The zero-order chi connectivity index (χ0) is 18.4. The third-order valence-electron chi connectivity index (χ3n) is 3.86. The number of nitrogens with one attached hydrogen (secondary N) is 2. The van der Waals surface area contributed by atoms with Gasteiger partial charge in [-0.25, -0.2) is 0 Å². The van der Waals surface area contributed by atoms with Crippen molar-refractivity contribution < 1.29 is 19.2 Å². The monoisotopic (exact) mass is 357 g/mol. The zero-order valence-electron chi connectivity index (χ0n) is 14.0. The van der Waals surface area contributed by atoms with E-state index in [4.69, 9.17) is 9.47 Å². The van der Waals surface area contributed by atoms with Crippen molar-refractivity contribution >= 4 is 17.3 Å². The van der Waals surface area contributed by atoms with Crippen molar-refractivity contribution in [2.24, 2.45) is 0 Å². The van der Waals surface area contributed by atoms with Gasteiger partial charge in [0.2, 0.25) is 5.91 Å². The summed E-state index contributed by atoms with van der Waals surface area (Å²) in [4.78, 5) is 22.4. The Balaban J connectivity index is 1.41. The van der Waals surface area contributed by atoms with Gasteiger partial charge in [-0.2, -0.15) is 0 Å². The number of fused-ring (bicyclic) bond motifs is 1. The Morgan fingerprint density at radius 3 is 2.69 bits per heavy atom. The van der Waals surface area contributed by atoms with Crippen LogP contribution >= 0.6 is 0 Å². The van der Waals surface area contributed by atoms with Crippen molar-refractivity contribution in [1.82, 2.24) is 5.32 Å². The third kappa shape index (κ3) is 4.41. The van der Waals surface area contributed by atoms with E-state index in [1.165, 1.54) is 6.07 Å². The molecule has 8 heteroatoms. The fourth-order valence-electron chi connectivity index (χ4n) is 2.57. The first-order valence-corrected chi connectivity index (χ1v) is 8.26. The molecule has 0 saturated carbocycles. The molecule has 0 fully saturated rings. The molecule has 1 aliphatic rings. The molecule has 1 aliphatic heterocycles. The van der Waals surface area contributed by atoms with Crippen LogP contribution in [0.4, 0.5) is 11.4 Å². The van der Waals surface area contributed by atoms with Gasteiger partial charge in [-0.1, -0.05) is 24.3 Å². The molecule has 0 aliphatic carbocycles. The average Bonchev–Trinajstić information content (AvgIpc) is 2.66. The average molecular weight is 357 g/mol. The van der Waals surface area contributed by atoms with Crippen LogP contribution in [0.1, 0.15) is 6.42 Å². The van der Waals surface area contributed by atoms with E-state index in [0.717, 1.165) is 0 Å². The van der Waals surface area contributed by atoms with Gasteiger partial charge in [0.05, 0.1) is 11.5 Å². The number of rotatable bonds is 7. The maximum atomic E-state index is 12.0. The van der Waals surface area contributed by atoms with E-state index in [9.17, 15) is 14.9 Å². The lowest BCUT2D eigenvalue weighted by atomic mass is 10.2. The highest BCUT2D eigenvalue weighted by molar-refractivity contribution is 5.76. The number of hydrogen-bond donors (Lipinski definition) is 2. The van der Waals surface area contributed by atoms with Crippen LogP contribution in [0.2, 0.25) is 0 Å². The molecule has 2 aromatic carbocycles. The highest BCUT2D eigenvalue weighted by Crippen LogP contribution is 2.30. The van der Waals surface area contributed by atoms with Crippen LogP contribution in [0, 0.1) is 10.1 Å². The lowest BCUT2D eigenvalue weighted by molar-refractivity contribution is -0.384. The molecule has 0 aromatic heterocycles. The SMILES string of the molecule is O=C(CCNc1ccccc1[N+](=O)[O-])NC[C@@H]1COc2ccccc2O1. The molecule has 2 N–H and O–H groups in total. The lowest BCUT2D eigenvalue weighted by Crippen LogP contribution is -2.41. The molecule has 0 bridgehead atoms. The van der Waals surface area contributed by atoms with Gasteiger partial charge >= 0.3 is 0 Å². The predicted molar refractivity (Wildman–Crippen MR) is 95.6 cm³/mol. The summed E-state index contributed by atoms with van der Waals surface area (Å²) in [5.74, 6) is 1.19. The summed E-state index contributed by atoms with van der Waals surface area (Å²) >= 11 is 0. The molecule has 136 valence electrons. The topological polar surface area (TPSA) is 103 Å². The molecular formula is C18H19N3O5. The number of benzene rings is 2. The van der Waals surface area contributed by atoms with Crippen molar-refractivity contribution in [2.75, 3.05) is 25.0 Å². The molecule has 0 radical (unpaired) electrons. The van der Waals surface area contributed by atoms with Gasteiger partial charge < -0.3 is 20.1 Å². The first kappa shape index (κ1) is 17.5. The summed E-state index contributed by atoms with van der Waals surface area (Å²) in [5, 5.41) is 16.7. The fourth-order valence-corrected chi connectivity index (χ4v) is 2.57. The van der Waals surface area contributed by atoms with Gasteiger partial charge in [-0.3, -0.25) is 14.9 Å².